The van der Waals surface area contributed by atoms with Crippen LogP contribution in [0.3, 0.4) is 0 Å². The van der Waals surface area contributed by atoms with Crippen molar-refractivity contribution < 1.29 is 14.3 Å². The Bertz CT molecular complexity index is 1290. The van der Waals surface area contributed by atoms with Gasteiger partial charge in [0.05, 0.1) is 14.5 Å². The Morgan fingerprint density at radius 1 is 0.923 bits per heavy atom. The third-order valence-corrected chi connectivity index (χ3v) is 8.40. The lowest BCUT2D eigenvalue weighted by molar-refractivity contribution is -0.143. The molecule has 0 heterocycles. The predicted octanol–water partition coefficient (Wildman–Crippen LogP) is 7.88. The zero-order valence-electron chi connectivity index (χ0n) is 21.3. The highest BCUT2D eigenvalue weighted by molar-refractivity contribution is 9.10. The molecule has 5 nitrogen and oxygen atoms in total. The van der Waals surface area contributed by atoms with E-state index in [9.17, 15) is 9.59 Å². The van der Waals surface area contributed by atoms with Gasteiger partial charge in [-0.2, -0.15) is 0 Å². The number of halogens is 4. The summed E-state index contributed by atoms with van der Waals surface area (Å²) in [7, 11) is 0. The van der Waals surface area contributed by atoms with Crippen LogP contribution in [0.5, 0.6) is 5.75 Å². The molecule has 0 aliphatic heterocycles. The van der Waals surface area contributed by atoms with Crippen molar-refractivity contribution in [2.75, 3.05) is 6.61 Å². The number of hydrogen-bond donors (Lipinski definition) is 1. The standard InChI is InChI=1S/C30H30BrCl3N2O3/c31-24-17-22(32)12-14-28(24)39-19-29(37)36(18-21-11-13-25(33)26(34)15-21)27(16-20-7-3-1-4-8-20)30(38)35-23-9-5-2-6-10-23/h1,3-4,7-8,11-15,17,23,27H,2,5-6,9-10,16,18-19H2,(H,35,38). The van der Waals surface area contributed by atoms with Crippen LogP contribution in [0.15, 0.2) is 71.2 Å². The summed E-state index contributed by atoms with van der Waals surface area (Å²) in [5, 5.41) is 4.58. The molecule has 3 aromatic carbocycles. The Kier molecular flexibility index (Phi) is 11.0. The fraction of sp³-hybridized carbons (Fsp3) is 0.333. The molecular weight excluding hydrogens is 623 g/mol. The summed E-state index contributed by atoms with van der Waals surface area (Å²) in [4.78, 5) is 29.2. The van der Waals surface area contributed by atoms with Crippen LogP contribution in [0.4, 0.5) is 0 Å². The average Bonchev–Trinajstić information content (AvgIpc) is 2.93. The van der Waals surface area contributed by atoms with E-state index in [4.69, 9.17) is 39.5 Å². The van der Waals surface area contributed by atoms with E-state index in [-0.39, 0.29) is 31.0 Å². The number of rotatable bonds is 10. The maximum absolute atomic E-state index is 13.8. The van der Waals surface area contributed by atoms with Gasteiger partial charge in [0, 0.05) is 24.0 Å². The summed E-state index contributed by atoms with van der Waals surface area (Å²) < 4.78 is 6.50. The van der Waals surface area contributed by atoms with Crippen molar-refractivity contribution in [1.82, 2.24) is 10.2 Å². The molecule has 1 unspecified atom stereocenters. The van der Waals surface area contributed by atoms with E-state index in [1.807, 2.05) is 36.4 Å². The summed E-state index contributed by atoms with van der Waals surface area (Å²) in [5.41, 5.74) is 1.71. The molecule has 2 amide bonds. The van der Waals surface area contributed by atoms with Crippen molar-refractivity contribution in [3.63, 3.8) is 0 Å². The molecular formula is C30H30BrCl3N2O3. The molecule has 1 aliphatic rings. The Morgan fingerprint density at radius 3 is 2.36 bits per heavy atom. The molecule has 206 valence electrons. The third kappa shape index (κ3) is 8.62. The highest BCUT2D eigenvalue weighted by Gasteiger charge is 2.32. The molecule has 1 fully saturated rings. The largest absolute Gasteiger partial charge is 0.483 e. The maximum atomic E-state index is 13.8. The van der Waals surface area contributed by atoms with Gasteiger partial charge in [-0.05, 0) is 70.2 Å². The van der Waals surface area contributed by atoms with Crippen LogP contribution >= 0.6 is 50.7 Å². The normalized spacial score (nSPS) is 14.5. The number of hydrogen-bond acceptors (Lipinski definition) is 3. The van der Waals surface area contributed by atoms with Gasteiger partial charge in [-0.15, -0.1) is 0 Å². The van der Waals surface area contributed by atoms with Gasteiger partial charge in [-0.25, -0.2) is 0 Å². The van der Waals surface area contributed by atoms with E-state index >= 15 is 0 Å². The Labute approximate surface area is 252 Å². The summed E-state index contributed by atoms with van der Waals surface area (Å²) in [5.74, 6) is -0.0250. The van der Waals surface area contributed by atoms with E-state index in [1.165, 1.54) is 6.42 Å². The van der Waals surface area contributed by atoms with Gasteiger partial charge in [0.1, 0.15) is 11.8 Å². The zero-order chi connectivity index (χ0) is 27.8. The van der Waals surface area contributed by atoms with Gasteiger partial charge in [-0.3, -0.25) is 9.59 Å². The van der Waals surface area contributed by atoms with Crippen molar-refractivity contribution in [1.29, 1.82) is 0 Å². The number of amides is 2. The second kappa shape index (κ2) is 14.4. The lowest BCUT2D eigenvalue weighted by Crippen LogP contribution is -2.53. The fourth-order valence-corrected chi connectivity index (χ4v) is 5.87. The summed E-state index contributed by atoms with van der Waals surface area (Å²) >= 11 is 21.9. The maximum Gasteiger partial charge on any atom is 0.261 e. The monoisotopic (exact) mass is 650 g/mol. The highest BCUT2D eigenvalue weighted by atomic mass is 79.9. The summed E-state index contributed by atoms with van der Waals surface area (Å²) in [6.07, 6.45) is 5.60. The molecule has 9 heteroatoms. The number of nitrogens with zero attached hydrogens (tertiary/aromatic N) is 1. The van der Waals surface area contributed by atoms with Crippen LogP contribution in [-0.2, 0) is 22.6 Å². The van der Waals surface area contributed by atoms with Crippen LogP contribution in [0, 0.1) is 0 Å². The number of carbonyl (C=O) groups excluding carboxylic acids is 2. The molecule has 0 aromatic heterocycles. The van der Waals surface area contributed by atoms with Crippen LogP contribution in [0.2, 0.25) is 15.1 Å². The lowest BCUT2D eigenvalue weighted by atomic mass is 9.94. The Balaban J connectivity index is 1.63. The van der Waals surface area contributed by atoms with E-state index in [0.29, 0.717) is 31.7 Å². The van der Waals surface area contributed by atoms with E-state index in [2.05, 4.69) is 21.2 Å². The second-order valence-corrected chi connectivity index (χ2v) is 11.8. The first-order chi connectivity index (χ1) is 18.8. The molecule has 1 atom stereocenters. The van der Waals surface area contributed by atoms with Gasteiger partial charge in [0.15, 0.2) is 6.61 Å². The zero-order valence-corrected chi connectivity index (χ0v) is 25.2. The predicted molar refractivity (Wildman–Crippen MR) is 161 cm³/mol. The lowest BCUT2D eigenvalue weighted by Gasteiger charge is -2.33. The molecule has 39 heavy (non-hydrogen) atoms. The molecule has 0 bridgehead atoms. The number of ether oxygens (including phenoxy) is 1. The SMILES string of the molecule is O=C(NC1CCCCC1)C(Cc1ccccc1)N(Cc1ccc(Cl)c(Cl)c1)C(=O)COc1ccc(Cl)cc1Br. The topological polar surface area (TPSA) is 58.6 Å². The van der Waals surface area contributed by atoms with Crippen molar-refractivity contribution in [2.24, 2.45) is 0 Å². The number of benzene rings is 3. The van der Waals surface area contributed by atoms with Crippen molar-refractivity contribution >= 4 is 62.5 Å². The van der Waals surface area contributed by atoms with Gasteiger partial charge < -0.3 is 15.0 Å². The molecule has 1 aliphatic carbocycles. The third-order valence-electron chi connectivity index (χ3n) is 6.80. The minimum absolute atomic E-state index is 0.104. The highest BCUT2D eigenvalue weighted by Crippen LogP contribution is 2.29. The summed E-state index contributed by atoms with van der Waals surface area (Å²) in [6.45, 7) is -0.0972. The van der Waals surface area contributed by atoms with Crippen molar-refractivity contribution in [2.45, 2.75) is 57.2 Å². The van der Waals surface area contributed by atoms with Crippen LogP contribution in [0.1, 0.15) is 43.2 Å². The van der Waals surface area contributed by atoms with Crippen LogP contribution in [-0.4, -0.2) is 35.4 Å². The minimum atomic E-state index is -0.756. The fourth-order valence-electron chi connectivity index (χ4n) is 4.75. The van der Waals surface area contributed by atoms with Gasteiger partial charge in [0.2, 0.25) is 5.91 Å². The molecule has 0 radical (unpaired) electrons. The first kappa shape index (κ1) is 29.7. The van der Waals surface area contributed by atoms with Crippen molar-refractivity contribution in [3.05, 3.63) is 97.4 Å². The quantitative estimate of drug-likeness (QED) is 0.243. The van der Waals surface area contributed by atoms with Gasteiger partial charge >= 0.3 is 0 Å². The van der Waals surface area contributed by atoms with Crippen LogP contribution in [0.25, 0.3) is 0 Å². The molecule has 1 saturated carbocycles. The Morgan fingerprint density at radius 2 is 1.67 bits per heavy atom. The molecule has 3 aromatic rings. The number of nitrogens with one attached hydrogen (secondary N) is 1. The number of carbonyl (C=O) groups is 2. The molecule has 0 saturated heterocycles. The van der Waals surface area contributed by atoms with E-state index < -0.39 is 6.04 Å². The first-order valence-corrected chi connectivity index (χ1v) is 14.9. The average molecular weight is 653 g/mol. The molecule has 0 spiro atoms. The van der Waals surface area contributed by atoms with Crippen molar-refractivity contribution in [3.8, 4) is 5.75 Å². The molecule has 1 N–H and O–H groups in total. The Hall–Kier alpha value is -2.25. The molecule has 4 rings (SSSR count). The van der Waals surface area contributed by atoms with Crippen LogP contribution < -0.4 is 10.1 Å². The van der Waals surface area contributed by atoms with E-state index in [0.717, 1.165) is 36.8 Å². The smallest absolute Gasteiger partial charge is 0.261 e. The summed E-state index contributed by atoms with van der Waals surface area (Å²) in [6, 6.07) is 19.4. The first-order valence-electron chi connectivity index (χ1n) is 13.0. The van der Waals surface area contributed by atoms with E-state index in [1.54, 1.807) is 35.2 Å². The second-order valence-electron chi connectivity index (χ2n) is 9.68. The van der Waals surface area contributed by atoms with Gasteiger partial charge in [-0.1, -0.05) is 90.5 Å². The minimum Gasteiger partial charge on any atom is -0.483 e. The van der Waals surface area contributed by atoms with Gasteiger partial charge in [0.25, 0.3) is 5.91 Å².